The monoisotopic (exact) mass is 286 g/mol. The van der Waals surface area contributed by atoms with E-state index in [0.717, 1.165) is 38.4 Å². The van der Waals surface area contributed by atoms with E-state index in [4.69, 9.17) is 5.26 Å². The van der Waals surface area contributed by atoms with E-state index < -0.39 is 0 Å². The highest BCUT2D eigenvalue weighted by Gasteiger charge is 2.19. The smallest absolute Gasteiger partial charge is 0.224 e. The van der Waals surface area contributed by atoms with E-state index in [-0.39, 0.29) is 5.91 Å². The van der Waals surface area contributed by atoms with E-state index in [1.807, 2.05) is 23.1 Å². The summed E-state index contributed by atoms with van der Waals surface area (Å²) in [7, 11) is 0. The molecule has 0 unspecified atom stereocenters. The van der Waals surface area contributed by atoms with Crippen LogP contribution in [0.2, 0.25) is 0 Å². The third kappa shape index (κ3) is 4.20. The zero-order valence-electron chi connectivity index (χ0n) is 12.5. The summed E-state index contributed by atoms with van der Waals surface area (Å²) in [5.74, 6) is 0.188. The maximum Gasteiger partial charge on any atom is 0.224 e. The molecule has 1 amide bonds. The average molecular weight is 286 g/mol. The molecule has 2 rings (SSSR count). The standard InChI is InChI=1S/C16H22N4O/c1-2-19-9-11-20(12-10-19)16(21)7-8-18-15-6-4-3-5-14(15)13-17/h3-6,18H,2,7-12H2,1H3. The zero-order chi connectivity index (χ0) is 15.1. The van der Waals surface area contributed by atoms with Crippen molar-refractivity contribution in [1.29, 1.82) is 5.26 Å². The Labute approximate surface area is 126 Å². The number of hydrogen-bond acceptors (Lipinski definition) is 4. The Bertz CT molecular complexity index is 515. The minimum Gasteiger partial charge on any atom is -0.383 e. The predicted octanol–water partition coefficient (Wildman–Crippen LogP) is 1.52. The number of likely N-dealkylation sites (N-methyl/N-ethyl adjacent to an activating group) is 1. The first-order chi connectivity index (χ1) is 10.2. The fourth-order valence-electron chi connectivity index (χ4n) is 2.51. The molecule has 1 aliphatic heterocycles. The number of rotatable bonds is 5. The fraction of sp³-hybridized carbons (Fsp3) is 0.500. The Hall–Kier alpha value is -2.06. The maximum atomic E-state index is 12.1. The van der Waals surface area contributed by atoms with Gasteiger partial charge in [-0.25, -0.2) is 0 Å². The molecule has 1 aliphatic rings. The number of para-hydroxylation sites is 1. The van der Waals surface area contributed by atoms with E-state index >= 15 is 0 Å². The lowest BCUT2D eigenvalue weighted by atomic mass is 10.2. The number of anilines is 1. The number of carbonyl (C=O) groups excluding carboxylic acids is 1. The molecule has 112 valence electrons. The van der Waals surface area contributed by atoms with E-state index in [0.29, 0.717) is 18.5 Å². The molecule has 1 N–H and O–H groups in total. The molecule has 0 spiro atoms. The summed E-state index contributed by atoms with van der Waals surface area (Å²) in [5, 5.41) is 12.2. The first kappa shape index (κ1) is 15.3. The molecule has 1 aromatic rings. The first-order valence-corrected chi connectivity index (χ1v) is 7.47. The van der Waals surface area contributed by atoms with Crippen molar-refractivity contribution in [2.24, 2.45) is 0 Å². The lowest BCUT2D eigenvalue weighted by molar-refractivity contribution is -0.132. The maximum absolute atomic E-state index is 12.1. The van der Waals surface area contributed by atoms with Gasteiger partial charge in [0.1, 0.15) is 6.07 Å². The zero-order valence-corrected chi connectivity index (χ0v) is 12.5. The second-order valence-corrected chi connectivity index (χ2v) is 5.15. The van der Waals surface area contributed by atoms with E-state index in [1.165, 1.54) is 0 Å². The summed E-state index contributed by atoms with van der Waals surface area (Å²) >= 11 is 0. The van der Waals surface area contributed by atoms with Crippen LogP contribution >= 0.6 is 0 Å². The van der Waals surface area contributed by atoms with Gasteiger partial charge in [0.25, 0.3) is 0 Å². The largest absolute Gasteiger partial charge is 0.383 e. The quantitative estimate of drug-likeness (QED) is 0.891. The number of carbonyl (C=O) groups is 1. The molecule has 0 bridgehead atoms. The lowest BCUT2D eigenvalue weighted by Crippen LogP contribution is -2.48. The molecule has 0 saturated carbocycles. The molecule has 5 heteroatoms. The fourth-order valence-corrected chi connectivity index (χ4v) is 2.51. The van der Waals surface area contributed by atoms with E-state index in [9.17, 15) is 4.79 Å². The second-order valence-electron chi connectivity index (χ2n) is 5.15. The Kier molecular flexibility index (Phi) is 5.59. The van der Waals surface area contributed by atoms with Crippen LogP contribution in [-0.2, 0) is 4.79 Å². The minimum atomic E-state index is 0.188. The number of nitriles is 1. The van der Waals surface area contributed by atoms with Crippen LogP contribution < -0.4 is 5.32 Å². The second kappa shape index (κ2) is 7.65. The van der Waals surface area contributed by atoms with Crippen LogP contribution in [0.15, 0.2) is 24.3 Å². The Balaban J connectivity index is 1.76. The molecule has 1 heterocycles. The first-order valence-electron chi connectivity index (χ1n) is 7.47. The highest BCUT2D eigenvalue weighted by molar-refractivity contribution is 5.77. The van der Waals surface area contributed by atoms with Gasteiger partial charge in [0, 0.05) is 39.1 Å². The molecule has 21 heavy (non-hydrogen) atoms. The van der Waals surface area contributed by atoms with Crippen LogP contribution in [-0.4, -0.2) is 55.0 Å². The van der Waals surface area contributed by atoms with Gasteiger partial charge in [0.2, 0.25) is 5.91 Å². The van der Waals surface area contributed by atoms with Crippen molar-refractivity contribution in [2.75, 3.05) is 44.6 Å². The van der Waals surface area contributed by atoms with Gasteiger partial charge < -0.3 is 15.1 Å². The molecule has 1 fully saturated rings. The highest BCUT2D eigenvalue weighted by atomic mass is 16.2. The van der Waals surface area contributed by atoms with Crippen LogP contribution in [0.4, 0.5) is 5.69 Å². The summed E-state index contributed by atoms with van der Waals surface area (Å²) in [6, 6.07) is 9.50. The van der Waals surface area contributed by atoms with Gasteiger partial charge in [-0.2, -0.15) is 5.26 Å². The predicted molar refractivity (Wildman–Crippen MR) is 83.0 cm³/mol. The van der Waals surface area contributed by atoms with E-state index in [1.54, 1.807) is 6.07 Å². The van der Waals surface area contributed by atoms with Crippen LogP contribution in [0.5, 0.6) is 0 Å². The van der Waals surface area contributed by atoms with Gasteiger partial charge in [0.15, 0.2) is 0 Å². The molecule has 0 aliphatic carbocycles. The normalized spacial score (nSPS) is 15.5. The van der Waals surface area contributed by atoms with Crippen molar-refractivity contribution in [3.8, 4) is 6.07 Å². The van der Waals surface area contributed by atoms with Gasteiger partial charge >= 0.3 is 0 Å². The molecular weight excluding hydrogens is 264 g/mol. The summed E-state index contributed by atoms with van der Waals surface area (Å²) < 4.78 is 0. The summed E-state index contributed by atoms with van der Waals surface area (Å²) in [4.78, 5) is 16.4. The van der Waals surface area contributed by atoms with Gasteiger partial charge in [-0.3, -0.25) is 4.79 Å². The molecule has 1 saturated heterocycles. The van der Waals surface area contributed by atoms with Gasteiger partial charge in [-0.05, 0) is 18.7 Å². The Morgan fingerprint density at radius 2 is 2.00 bits per heavy atom. The summed E-state index contributed by atoms with van der Waals surface area (Å²) in [6.07, 6.45) is 0.464. The van der Waals surface area contributed by atoms with Crippen LogP contribution in [0.25, 0.3) is 0 Å². The minimum absolute atomic E-state index is 0.188. The lowest BCUT2D eigenvalue weighted by Gasteiger charge is -2.34. The van der Waals surface area contributed by atoms with Crippen molar-refractivity contribution in [1.82, 2.24) is 9.80 Å². The van der Waals surface area contributed by atoms with Gasteiger partial charge in [-0.1, -0.05) is 19.1 Å². The SMILES string of the molecule is CCN1CCN(C(=O)CCNc2ccccc2C#N)CC1. The topological polar surface area (TPSA) is 59.4 Å². The van der Waals surface area contributed by atoms with Crippen molar-refractivity contribution in [3.63, 3.8) is 0 Å². The third-order valence-electron chi connectivity index (χ3n) is 3.87. The number of benzene rings is 1. The number of hydrogen-bond donors (Lipinski definition) is 1. The number of nitrogens with zero attached hydrogens (tertiary/aromatic N) is 3. The Morgan fingerprint density at radius 3 is 2.67 bits per heavy atom. The molecule has 1 aromatic carbocycles. The number of amides is 1. The van der Waals surface area contributed by atoms with Crippen LogP contribution in [0.1, 0.15) is 18.9 Å². The summed E-state index contributed by atoms with van der Waals surface area (Å²) in [5.41, 5.74) is 1.41. The van der Waals surface area contributed by atoms with E-state index in [2.05, 4.69) is 23.2 Å². The van der Waals surface area contributed by atoms with Crippen molar-refractivity contribution < 1.29 is 4.79 Å². The molecule has 5 nitrogen and oxygen atoms in total. The van der Waals surface area contributed by atoms with Crippen molar-refractivity contribution in [3.05, 3.63) is 29.8 Å². The molecular formula is C16H22N4O. The average Bonchev–Trinajstić information content (AvgIpc) is 2.55. The molecule has 0 aromatic heterocycles. The van der Waals surface area contributed by atoms with Crippen molar-refractivity contribution in [2.45, 2.75) is 13.3 Å². The van der Waals surface area contributed by atoms with Crippen LogP contribution in [0, 0.1) is 11.3 Å². The number of nitrogens with one attached hydrogen (secondary N) is 1. The van der Waals surface area contributed by atoms with Crippen LogP contribution in [0.3, 0.4) is 0 Å². The van der Waals surface area contributed by atoms with Gasteiger partial charge in [0.05, 0.1) is 11.3 Å². The van der Waals surface area contributed by atoms with Gasteiger partial charge in [-0.15, -0.1) is 0 Å². The van der Waals surface area contributed by atoms with Crippen molar-refractivity contribution >= 4 is 11.6 Å². The number of piperazine rings is 1. The summed E-state index contributed by atoms with van der Waals surface area (Å²) in [6.45, 7) is 7.33. The Morgan fingerprint density at radius 1 is 1.29 bits per heavy atom. The molecule has 0 atom stereocenters. The highest BCUT2D eigenvalue weighted by Crippen LogP contribution is 2.13. The molecule has 0 radical (unpaired) electrons. The third-order valence-corrected chi connectivity index (χ3v) is 3.87.